The topological polar surface area (TPSA) is 68.7 Å². The van der Waals surface area contributed by atoms with Gasteiger partial charge in [0, 0.05) is 10.9 Å². The molecule has 1 saturated carbocycles. The minimum absolute atomic E-state index is 0.109. The normalized spacial score (nSPS) is 15.0. The number of hydrogen-bond donors (Lipinski definition) is 2. The maximum Gasteiger partial charge on any atom is 0.268 e. The van der Waals surface area contributed by atoms with Crippen LogP contribution in [0.3, 0.4) is 0 Å². The van der Waals surface area contributed by atoms with E-state index in [4.69, 9.17) is 5.26 Å². The first kappa shape index (κ1) is 14.5. The molecule has 1 aliphatic carbocycles. The lowest BCUT2D eigenvalue weighted by Gasteiger charge is -2.17. The highest BCUT2D eigenvalue weighted by atomic mass is 16.2. The summed E-state index contributed by atoms with van der Waals surface area (Å²) >= 11 is 0. The molecule has 4 rings (SSSR count). The average molecular weight is 315 g/mol. The minimum Gasteiger partial charge on any atom is -0.351 e. The molecule has 1 heterocycles. The van der Waals surface area contributed by atoms with Crippen LogP contribution in [0.15, 0.2) is 48.5 Å². The fraction of sp³-hybridized carbons (Fsp3) is 0.200. The van der Waals surface area contributed by atoms with Crippen molar-refractivity contribution in [2.24, 2.45) is 0 Å². The molecule has 0 atom stereocenters. The van der Waals surface area contributed by atoms with Gasteiger partial charge in [0.1, 0.15) is 5.69 Å². The summed E-state index contributed by atoms with van der Waals surface area (Å²) in [6.07, 6.45) is 1.92. The first-order valence-corrected chi connectivity index (χ1v) is 8.02. The predicted molar refractivity (Wildman–Crippen MR) is 92.6 cm³/mol. The van der Waals surface area contributed by atoms with E-state index in [0.717, 1.165) is 29.3 Å². The SMILES string of the molecule is Cc1ccc(C2(NC(=O)c3cc4cc(C#N)ccc4[nH]3)CC2)cc1. The molecule has 1 aromatic heterocycles. The third-order valence-corrected chi connectivity index (χ3v) is 4.70. The first-order valence-electron chi connectivity index (χ1n) is 8.02. The molecule has 3 aromatic rings. The van der Waals surface area contributed by atoms with Gasteiger partial charge in [-0.1, -0.05) is 29.8 Å². The Kier molecular flexibility index (Phi) is 3.17. The molecule has 4 nitrogen and oxygen atoms in total. The second-order valence-electron chi connectivity index (χ2n) is 6.50. The van der Waals surface area contributed by atoms with Crippen LogP contribution in [0.5, 0.6) is 0 Å². The number of amides is 1. The Bertz CT molecular complexity index is 972. The third kappa shape index (κ3) is 2.44. The second-order valence-corrected chi connectivity index (χ2v) is 6.50. The summed E-state index contributed by atoms with van der Waals surface area (Å²) in [6.45, 7) is 2.06. The maximum atomic E-state index is 12.7. The molecule has 0 radical (unpaired) electrons. The van der Waals surface area contributed by atoms with Gasteiger partial charge in [0.2, 0.25) is 0 Å². The Balaban J connectivity index is 1.60. The number of aromatic nitrogens is 1. The van der Waals surface area contributed by atoms with Crippen molar-refractivity contribution in [1.82, 2.24) is 10.3 Å². The first-order chi connectivity index (χ1) is 11.6. The summed E-state index contributed by atoms with van der Waals surface area (Å²) in [4.78, 5) is 15.8. The predicted octanol–water partition coefficient (Wildman–Crippen LogP) is 3.77. The Hall–Kier alpha value is -3.06. The fourth-order valence-corrected chi connectivity index (χ4v) is 3.09. The van der Waals surface area contributed by atoms with Crippen LogP contribution in [-0.4, -0.2) is 10.9 Å². The number of carbonyl (C=O) groups is 1. The smallest absolute Gasteiger partial charge is 0.268 e. The number of nitriles is 1. The lowest BCUT2D eigenvalue weighted by atomic mass is 10.0. The number of aromatic amines is 1. The van der Waals surface area contributed by atoms with Gasteiger partial charge >= 0.3 is 0 Å². The monoisotopic (exact) mass is 315 g/mol. The van der Waals surface area contributed by atoms with E-state index < -0.39 is 0 Å². The van der Waals surface area contributed by atoms with Crippen LogP contribution in [-0.2, 0) is 5.54 Å². The molecule has 0 aliphatic heterocycles. The molecule has 1 amide bonds. The lowest BCUT2D eigenvalue weighted by Crippen LogP contribution is -2.35. The Morgan fingerprint density at radius 3 is 2.58 bits per heavy atom. The third-order valence-electron chi connectivity index (χ3n) is 4.70. The molecular formula is C20H17N3O. The highest BCUT2D eigenvalue weighted by Crippen LogP contribution is 2.45. The number of nitrogens with one attached hydrogen (secondary N) is 2. The van der Waals surface area contributed by atoms with Gasteiger partial charge in [-0.05, 0) is 49.6 Å². The van der Waals surface area contributed by atoms with Gasteiger partial charge in [0.05, 0.1) is 17.2 Å². The molecule has 2 aromatic carbocycles. The molecule has 24 heavy (non-hydrogen) atoms. The zero-order valence-corrected chi connectivity index (χ0v) is 13.4. The van der Waals surface area contributed by atoms with Crippen molar-refractivity contribution in [2.75, 3.05) is 0 Å². The van der Waals surface area contributed by atoms with E-state index >= 15 is 0 Å². The highest BCUT2D eigenvalue weighted by molar-refractivity contribution is 5.98. The molecule has 4 heteroatoms. The van der Waals surface area contributed by atoms with Crippen molar-refractivity contribution in [3.05, 3.63) is 70.9 Å². The summed E-state index contributed by atoms with van der Waals surface area (Å²) < 4.78 is 0. The minimum atomic E-state index is -0.236. The average Bonchev–Trinajstić information content (AvgIpc) is 3.23. The Morgan fingerprint density at radius 2 is 1.92 bits per heavy atom. The van der Waals surface area contributed by atoms with Crippen molar-refractivity contribution in [3.63, 3.8) is 0 Å². The molecule has 2 N–H and O–H groups in total. The number of aryl methyl sites for hydroxylation is 1. The van der Waals surface area contributed by atoms with Crippen molar-refractivity contribution >= 4 is 16.8 Å². The maximum absolute atomic E-state index is 12.7. The van der Waals surface area contributed by atoms with E-state index in [9.17, 15) is 4.79 Å². The van der Waals surface area contributed by atoms with Crippen molar-refractivity contribution in [3.8, 4) is 6.07 Å². The van der Waals surface area contributed by atoms with Gasteiger partial charge in [-0.25, -0.2) is 0 Å². The second kappa shape index (κ2) is 5.24. The molecule has 0 saturated heterocycles. The Morgan fingerprint density at radius 1 is 1.17 bits per heavy atom. The van der Waals surface area contributed by atoms with Crippen molar-refractivity contribution < 1.29 is 4.79 Å². The van der Waals surface area contributed by atoms with E-state index in [0.29, 0.717) is 11.3 Å². The van der Waals surface area contributed by atoms with Crippen LogP contribution in [0.25, 0.3) is 10.9 Å². The highest BCUT2D eigenvalue weighted by Gasteiger charge is 2.45. The van der Waals surface area contributed by atoms with E-state index in [2.05, 4.69) is 47.6 Å². The number of H-pyrrole nitrogens is 1. The molecule has 0 unspecified atom stereocenters. The fourth-order valence-electron chi connectivity index (χ4n) is 3.09. The van der Waals surface area contributed by atoms with E-state index in [1.54, 1.807) is 18.2 Å². The summed E-state index contributed by atoms with van der Waals surface area (Å²) in [7, 11) is 0. The molecule has 118 valence electrons. The number of hydrogen-bond acceptors (Lipinski definition) is 2. The number of rotatable bonds is 3. The standard InChI is InChI=1S/C20H17N3O/c1-13-2-5-16(6-3-13)20(8-9-20)23-19(24)18-11-15-10-14(12-21)4-7-17(15)22-18/h2-7,10-11,22H,8-9H2,1H3,(H,23,24). The largest absolute Gasteiger partial charge is 0.351 e. The van der Waals surface area contributed by atoms with Crippen molar-refractivity contribution in [2.45, 2.75) is 25.3 Å². The van der Waals surface area contributed by atoms with Crippen LogP contribution < -0.4 is 5.32 Å². The van der Waals surface area contributed by atoms with Crippen LogP contribution in [0.1, 0.15) is 40.0 Å². The van der Waals surface area contributed by atoms with Crippen LogP contribution >= 0.6 is 0 Å². The number of nitrogens with zero attached hydrogens (tertiary/aromatic N) is 1. The summed E-state index contributed by atoms with van der Waals surface area (Å²) in [5.41, 5.74) is 4.11. The van der Waals surface area contributed by atoms with Crippen LogP contribution in [0.2, 0.25) is 0 Å². The van der Waals surface area contributed by atoms with Gasteiger partial charge in [-0.15, -0.1) is 0 Å². The number of benzene rings is 2. The van der Waals surface area contributed by atoms with E-state index in [1.165, 1.54) is 5.56 Å². The van der Waals surface area contributed by atoms with Crippen molar-refractivity contribution in [1.29, 1.82) is 5.26 Å². The van der Waals surface area contributed by atoms with Gasteiger partial charge in [0.25, 0.3) is 5.91 Å². The molecular weight excluding hydrogens is 298 g/mol. The summed E-state index contributed by atoms with van der Waals surface area (Å²) in [5.74, 6) is -0.109. The van der Waals surface area contributed by atoms with Gasteiger partial charge < -0.3 is 10.3 Å². The van der Waals surface area contributed by atoms with Gasteiger partial charge in [-0.2, -0.15) is 5.26 Å². The molecule has 1 fully saturated rings. The molecule has 1 aliphatic rings. The van der Waals surface area contributed by atoms with Gasteiger partial charge in [-0.3, -0.25) is 4.79 Å². The number of carbonyl (C=O) groups excluding carboxylic acids is 1. The molecule has 0 spiro atoms. The quantitative estimate of drug-likeness (QED) is 0.772. The number of fused-ring (bicyclic) bond motifs is 1. The summed E-state index contributed by atoms with van der Waals surface area (Å²) in [6, 6.07) is 17.6. The van der Waals surface area contributed by atoms with Gasteiger partial charge in [0.15, 0.2) is 0 Å². The van der Waals surface area contributed by atoms with Crippen LogP contribution in [0, 0.1) is 18.3 Å². The zero-order valence-electron chi connectivity index (χ0n) is 13.4. The van der Waals surface area contributed by atoms with E-state index in [-0.39, 0.29) is 11.4 Å². The van der Waals surface area contributed by atoms with E-state index in [1.807, 2.05) is 6.07 Å². The summed E-state index contributed by atoms with van der Waals surface area (Å²) in [5, 5.41) is 13.0. The molecule has 0 bridgehead atoms. The zero-order chi connectivity index (χ0) is 16.7. The van der Waals surface area contributed by atoms with Crippen LogP contribution in [0.4, 0.5) is 0 Å². The Labute approximate surface area is 140 Å². The lowest BCUT2D eigenvalue weighted by molar-refractivity contribution is 0.0926.